The number of aryl methyl sites for hydroxylation is 1. The molecule has 0 fully saturated rings. The molecule has 0 aromatic carbocycles. The first-order valence-corrected chi connectivity index (χ1v) is 5.27. The number of hydrogen-bond acceptors (Lipinski definition) is 5. The van der Waals surface area contributed by atoms with Crippen molar-refractivity contribution in [3.8, 4) is 0 Å². The Morgan fingerprint density at radius 1 is 1.44 bits per heavy atom. The highest BCUT2D eigenvalue weighted by Gasteiger charge is 2.23. The molecule has 1 heterocycles. The minimum atomic E-state index is -0.527. The molecule has 0 aliphatic carbocycles. The SMILES string of the molecule is CC(C)(C)OC(=O)c1n[nH]nc1CCCN. The Morgan fingerprint density at radius 3 is 2.69 bits per heavy atom. The molecule has 0 spiro atoms. The summed E-state index contributed by atoms with van der Waals surface area (Å²) in [5.74, 6) is -0.451. The molecule has 0 saturated heterocycles. The average molecular weight is 226 g/mol. The first-order chi connectivity index (χ1) is 7.44. The van der Waals surface area contributed by atoms with Crippen LogP contribution in [0, 0.1) is 0 Å². The third-order valence-electron chi connectivity index (χ3n) is 1.83. The normalized spacial score (nSPS) is 11.5. The molecule has 1 aromatic heterocycles. The van der Waals surface area contributed by atoms with Crippen molar-refractivity contribution in [3.63, 3.8) is 0 Å². The van der Waals surface area contributed by atoms with Crippen LogP contribution < -0.4 is 5.73 Å². The van der Waals surface area contributed by atoms with Crippen LogP contribution in [0.1, 0.15) is 43.4 Å². The van der Waals surface area contributed by atoms with Crippen molar-refractivity contribution >= 4 is 5.97 Å². The predicted octanol–water partition coefficient (Wildman–Crippen LogP) is 0.651. The summed E-state index contributed by atoms with van der Waals surface area (Å²) in [5, 5.41) is 10.1. The maximum absolute atomic E-state index is 11.7. The van der Waals surface area contributed by atoms with Crippen LogP contribution in [0.2, 0.25) is 0 Å². The molecule has 1 aromatic rings. The number of carbonyl (C=O) groups excluding carboxylic acids is 1. The van der Waals surface area contributed by atoms with E-state index in [1.807, 2.05) is 20.8 Å². The van der Waals surface area contributed by atoms with Gasteiger partial charge in [0.15, 0.2) is 5.69 Å². The highest BCUT2D eigenvalue weighted by molar-refractivity contribution is 5.88. The molecule has 0 amide bonds. The molecule has 1 rings (SSSR count). The highest BCUT2D eigenvalue weighted by atomic mass is 16.6. The Hall–Kier alpha value is -1.43. The number of H-pyrrole nitrogens is 1. The van der Waals surface area contributed by atoms with Crippen molar-refractivity contribution in [3.05, 3.63) is 11.4 Å². The van der Waals surface area contributed by atoms with Crippen molar-refractivity contribution < 1.29 is 9.53 Å². The van der Waals surface area contributed by atoms with E-state index in [9.17, 15) is 4.79 Å². The van der Waals surface area contributed by atoms with Crippen LogP contribution in [0.15, 0.2) is 0 Å². The van der Waals surface area contributed by atoms with E-state index < -0.39 is 11.6 Å². The largest absolute Gasteiger partial charge is 0.455 e. The van der Waals surface area contributed by atoms with Crippen LogP contribution >= 0.6 is 0 Å². The maximum atomic E-state index is 11.7. The van der Waals surface area contributed by atoms with E-state index >= 15 is 0 Å². The van der Waals surface area contributed by atoms with E-state index in [1.54, 1.807) is 0 Å². The lowest BCUT2D eigenvalue weighted by Crippen LogP contribution is -2.24. The quantitative estimate of drug-likeness (QED) is 0.735. The number of aromatic nitrogens is 3. The number of hydrogen-bond donors (Lipinski definition) is 2. The van der Waals surface area contributed by atoms with Crippen molar-refractivity contribution in [2.24, 2.45) is 5.73 Å². The Labute approximate surface area is 94.6 Å². The number of ether oxygens (including phenoxy) is 1. The number of carbonyl (C=O) groups is 1. The second-order valence-electron chi connectivity index (χ2n) is 4.51. The zero-order valence-electron chi connectivity index (χ0n) is 9.91. The molecule has 0 aliphatic rings. The van der Waals surface area contributed by atoms with Gasteiger partial charge in [0.25, 0.3) is 0 Å². The van der Waals surface area contributed by atoms with Gasteiger partial charge in [-0.15, -0.1) is 5.10 Å². The van der Waals surface area contributed by atoms with E-state index in [0.29, 0.717) is 18.7 Å². The first kappa shape index (κ1) is 12.6. The lowest BCUT2D eigenvalue weighted by molar-refractivity contribution is 0.00615. The van der Waals surface area contributed by atoms with Gasteiger partial charge in [-0.25, -0.2) is 4.79 Å². The van der Waals surface area contributed by atoms with E-state index in [4.69, 9.17) is 10.5 Å². The Balaban J connectivity index is 2.72. The number of nitrogens with one attached hydrogen (secondary N) is 1. The van der Waals surface area contributed by atoms with Crippen LogP contribution in [0.3, 0.4) is 0 Å². The summed E-state index contributed by atoms with van der Waals surface area (Å²) >= 11 is 0. The van der Waals surface area contributed by atoms with Crippen LogP contribution in [0.5, 0.6) is 0 Å². The van der Waals surface area contributed by atoms with Crippen molar-refractivity contribution in [1.82, 2.24) is 15.4 Å². The topological polar surface area (TPSA) is 93.9 Å². The molecule has 3 N–H and O–H groups in total. The van der Waals surface area contributed by atoms with Gasteiger partial charge < -0.3 is 10.5 Å². The number of nitrogens with zero attached hydrogens (tertiary/aromatic N) is 2. The number of aromatic amines is 1. The van der Waals surface area contributed by atoms with Gasteiger partial charge in [0, 0.05) is 0 Å². The summed E-state index contributed by atoms with van der Waals surface area (Å²) in [6.45, 7) is 5.99. The van der Waals surface area contributed by atoms with E-state index in [0.717, 1.165) is 6.42 Å². The van der Waals surface area contributed by atoms with E-state index in [2.05, 4.69) is 15.4 Å². The zero-order valence-corrected chi connectivity index (χ0v) is 9.91. The predicted molar refractivity (Wildman–Crippen MR) is 58.9 cm³/mol. The minimum absolute atomic E-state index is 0.253. The second-order valence-corrected chi connectivity index (χ2v) is 4.51. The fourth-order valence-corrected chi connectivity index (χ4v) is 1.19. The van der Waals surface area contributed by atoms with Crippen LogP contribution in [-0.2, 0) is 11.2 Å². The van der Waals surface area contributed by atoms with Crippen molar-refractivity contribution in [2.75, 3.05) is 6.54 Å². The summed E-state index contributed by atoms with van der Waals surface area (Å²) in [6, 6.07) is 0. The van der Waals surface area contributed by atoms with Crippen molar-refractivity contribution in [2.45, 2.75) is 39.2 Å². The second kappa shape index (κ2) is 5.07. The number of rotatable bonds is 4. The molecule has 0 radical (unpaired) electrons. The monoisotopic (exact) mass is 226 g/mol. The summed E-state index contributed by atoms with van der Waals surface area (Å²) in [5.41, 5.74) is 5.74. The molecule has 0 aliphatic heterocycles. The average Bonchev–Trinajstić information content (AvgIpc) is 2.59. The van der Waals surface area contributed by atoms with Crippen molar-refractivity contribution in [1.29, 1.82) is 0 Å². The lowest BCUT2D eigenvalue weighted by Gasteiger charge is -2.18. The first-order valence-electron chi connectivity index (χ1n) is 5.27. The minimum Gasteiger partial charge on any atom is -0.455 e. The number of nitrogens with two attached hydrogens (primary N) is 1. The third-order valence-corrected chi connectivity index (χ3v) is 1.83. The van der Waals surface area contributed by atoms with Crippen LogP contribution in [0.4, 0.5) is 0 Å². The van der Waals surface area contributed by atoms with Gasteiger partial charge in [-0.05, 0) is 40.2 Å². The fourth-order valence-electron chi connectivity index (χ4n) is 1.19. The molecule has 16 heavy (non-hydrogen) atoms. The summed E-state index contributed by atoms with van der Waals surface area (Å²) in [6.07, 6.45) is 1.39. The third kappa shape index (κ3) is 3.62. The Bertz CT molecular complexity index is 354. The molecular weight excluding hydrogens is 208 g/mol. The molecular formula is C10H18N4O2. The maximum Gasteiger partial charge on any atom is 0.361 e. The molecule has 0 unspecified atom stereocenters. The van der Waals surface area contributed by atoms with Gasteiger partial charge in [-0.2, -0.15) is 10.3 Å². The summed E-state index contributed by atoms with van der Waals surface area (Å²) in [7, 11) is 0. The smallest absolute Gasteiger partial charge is 0.361 e. The van der Waals surface area contributed by atoms with E-state index in [1.165, 1.54) is 0 Å². The molecule has 90 valence electrons. The van der Waals surface area contributed by atoms with E-state index in [-0.39, 0.29) is 5.69 Å². The van der Waals surface area contributed by atoms with Crippen LogP contribution in [0.25, 0.3) is 0 Å². The zero-order chi connectivity index (χ0) is 12.2. The van der Waals surface area contributed by atoms with Gasteiger partial charge in [0.1, 0.15) is 5.60 Å². The van der Waals surface area contributed by atoms with Gasteiger partial charge in [-0.1, -0.05) is 0 Å². The van der Waals surface area contributed by atoms with Gasteiger partial charge in [0.2, 0.25) is 0 Å². The van der Waals surface area contributed by atoms with Gasteiger partial charge >= 0.3 is 5.97 Å². The van der Waals surface area contributed by atoms with Crippen LogP contribution in [-0.4, -0.2) is 33.5 Å². The molecule has 6 heteroatoms. The number of esters is 1. The highest BCUT2D eigenvalue weighted by Crippen LogP contribution is 2.13. The standard InChI is InChI=1S/C10H18N4O2/c1-10(2,3)16-9(15)8-7(5-4-6-11)12-14-13-8/h4-6,11H2,1-3H3,(H,12,13,14). The van der Waals surface area contributed by atoms with Gasteiger partial charge in [-0.3, -0.25) is 0 Å². The van der Waals surface area contributed by atoms with Gasteiger partial charge in [0.05, 0.1) is 5.69 Å². The summed E-state index contributed by atoms with van der Waals surface area (Å²) in [4.78, 5) is 11.7. The molecule has 0 saturated carbocycles. The Kier molecular flexibility index (Phi) is 4.00. The lowest BCUT2D eigenvalue weighted by atomic mass is 10.1. The Morgan fingerprint density at radius 2 is 2.12 bits per heavy atom. The molecule has 6 nitrogen and oxygen atoms in total. The summed E-state index contributed by atoms with van der Waals surface area (Å²) < 4.78 is 5.21. The fraction of sp³-hybridized carbons (Fsp3) is 0.700. The molecule has 0 atom stereocenters. The molecule has 0 bridgehead atoms.